The topological polar surface area (TPSA) is 90.5 Å². The van der Waals surface area contributed by atoms with E-state index in [0.29, 0.717) is 26.2 Å². The zero-order valence-corrected chi connectivity index (χ0v) is 16.8. The van der Waals surface area contributed by atoms with Crippen molar-refractivity contribution >= 4 is 16.0 Å². The minimum absolute atomic E-state index is 0.0429. The Bertz CT molecular complexity index is 718. The highest BCUT2D eigenvalue weighted by molar-refractivity contribution is 7.86. The minimum atomic E-state index is -3.41. The monoisotopic (exact) mass is 382 g/mol. The maximum Gasteiger partial charge on any atom is 0.281 e. The third-order valence-corrected chi connectivity index (χ3v) is 7.45. The third-order valence-electron chi connectivity index (χ3n) is 5.29. The summed E-state index contributed by atoms with van der Waals surface area (Å²) in [5.41, 5.74) is 2.22. The molecule has 1 aromatic rings. The second-order valence-electron chi connectivity index (χ2n) is 6.82. The van der Waals surface area contributed by atoms with Crippen molar-refractivity contribution in [2.75, 3.05) is 45.1 Å². The van der Waals surface area contributed by atoms with E-state index in [-0.39, 0.29) is 5.92 Å². The molecule has 3 rings (SSSR count). The molecule has 0 amide bonds. The maximum absolute atomic E-state index is 12.9. The molecule has 1 atom stereocenters. The van der Waals surface area contributed by atoms with Crippen LogP contribution in [0.2, 0.25) is 0 Å². The van der Waals surface area contributed by atoms with Gasteiger partial charge in [0.05, 0.1) is 5.69 Å². The van der Waals surface area contributed by atoms with Crippen molar-refractivity contribution in [1.29, 1.82) is 0 Å². The number of nitrogens with zero attached hydrogens (tertiary/aromatic N) is 4. The lowest BCUT2D eigenvalue weighted by Gasteiger charge is -2.34. The van der Waals surface area contributed by atoms with Crippen LogP contribution in [0, 0.1) is 0 Å². The molecule has 1 saturated heterocycles. The zero-order valence-electron chi connectivity index (χ0n) is 16.0. The fraction of sp³-hybridized carbons (Fsp3) is 0.765. The first-order valence-electron chi connectivity index (χ1n) is 9.54. The molecule has 2 aliphatic heterocycles. The lowest BCUT2D eigenvalue weighted by molar-refractivity contribution is 0.282. The summed E-state index contributed by atoms with van der Waals surface area (Å²) in [5, 5.41) is 6.54. The molecule has 1 fully saturated rings. The van der Waals surface area contributed by atoms with Gasteiger partial charge in [0.25, 0.3) is 10.2 Å². The van der Waals surface area contributed by atoms with Gasteiger partial charge in [-0.3, -0.25) is 0 Å². The Morgan fingerprint density at radius 1 is 1.31 bits per heavy atom. The van der Waals surface area contributed by atoms with Gasteiger partial charge in [-0.1, -0.05) is 13.8 Å². The van der Waals surface area contributed by atoms with Gasteiger partial charge in [0.2, 0.25) is 0 Å². The van der Waals surface area contributed by atoms with E-state index in [1.54, 1.807) is 4.31 Å². The average Bonchev–Trinajstić information content (AvgIpc) is 2.68. The first-order chi connectivity index (χ1) is 12.5. The van der Waals surface area contributed by atoms with Crippen molar-refractivity contribution in [2.45, 2.75) is 45.6 Å². The summed E-state index contributed by atoms with van der Waals surface area (Å²) in [7, 11) is -1.54. The van der Waals surface area contributed by atoms with Crippen molar-refractivity contribution in [2.24, 2.45) is 0 Å². The van der Waals surface area contributed by atoms with Crippen LogP contribution < -0.4 is 10.6 Å². The number of hydrogen-bond donors (Lipinski definition) is 2. The molecular formula is C17H30N6O2S. The molecule has 0 aromatic carbocycles. The van der Waals surface area contributed by atoms with Gasteiger partial charge in [-0.2, -0.15) is 17.0 Å². The molecule has 0 spiro atoms. The number of nitrogens with one attached hydrogen (secondary N) is 2. The molecule has 8 nitrogen and oxygen atoms in total. The standard InChI is InChI=1S/C17H30N6O2S/c1-4-22(5-2)26(24,25)23-10-6-7-13(12-23)16-20-15-8-9-19-11-14(15)17(18-3)21-16/h13,19H,4-12H2,1-3H3,(H,18,20,21)/t13-/m0/s1. The molecule has 146 valence electrons. The summed E-state index contributed by atoms with van der Waals surface area (Å²) in [4.78, 5) is 9.55. The molecule has 0 saturated carbocycles. The molecule has 2 N–H and O–H groups in total. The van der Waals surface area contributed by atoms with Crippen molar-refractivity contribution in [3.05, 3.63) is 17.1 Å². The molecule has 2 aliphatic rings. The van der Waals surface area contributed by atoms with E-state index in [1.165, 1.54) is 4.31 Å². The van der Waals surface area contributed by atoms with Gasteiger partial charge < -0.3 is 10.6 Å². The number of anilines is 1. The van der Waals surface area contributed by atoms with E-state index < -0.39 is 10.2 Å². The highest BCUT2D eigenvalue weighted by Crippen LogP contribution is 2.30. The summed E-state index contributed by atoms with van der Waals surface area (Å²) in [5.74, 6) is 1.68. The van der Waals surface area contributed by atoms with E-state index in [4.69, 9.17) is 9.97 Å². The molecule has 0 unspecified atom stereocenters. The van der Waals surface area contributed by atoms with Gasteiger partial charge in [0, 0.05) is 64.2 Å². The number of fused-ring (bicyclic) bond motifs is 1. The Labute approximate surface area is 156 Å². The van der Waals surface area contributed by atoms with Crippen molar-refractivity contribution in [3.8, 4) is 0 Å². The summed E-state index contributed by atoms with van der Waals surface area (Å²) in [6.45, 7) is 7.46. The van der Waals surface area contributed by atoms with Crippen LogP contribution in [0.1, 0.15) is 49.7 Å². The zero-order chi connectivity index (χ0) is 18.7. The Balaban J connectivity index is 1.86. The van der Waals surface area contributed by atoms with Crippen molar-refractivity contribution in [1.82, 2.24) is 23.9 Å². The second kappa shape index (κ2) is 8.16. The van der Waals surface area contributed by atoms with Gasteiger partial charge in [-0.05, 0) is 12.8 Å². The number of piperidine rings is 1. The molecule has 3 heterocycles. The van der Waals surface area contributed by atoms with Gasteiger partial charge in [0.15, 0.2) is 0 Å². The Hall–Kier alpha value is -1.29. The van der Waals surface area contributed by atoms with Crippen LogP contribution in [0.4, 0.5) is 5.82 Å². The lowest BCUT2D eigenvalue weighted by atomic mass is 9.98. The van der Waals surface area contributed by atoms with Gasteiger partial charge in [-0.15, -0.1) is 0 Å². The quantitative estimate of drug-likeness (QED) is 0.761. The van der Waals surface area contributed by atoms with Crippen LogP contribution in [0.15, 0.2) is 0 Å². The smallest absolute Gasteiger partial charge is 0.281 e. The summed E-state index contributed by atoms with van der Waals surface area (Å²) < 4.78 is 28.9. The summed E-state index contributed by atoms with van der Waals surface area (Å²) in [6, 6.07) is 0. The first-order valence-corrected chi connectivity index (χ1v) is 10.9. The number of rotatable bonds is 6. The number of hydrogen-bond acceptors (Lipinski definition) is 6. The van der Waals surface area contributed by atoms with Crippen LogP contribution >= 0.6 is 0 Å². The first kappa shape index (κ1) is 19.5. The summed E-state index contributed by atoms with van der Waals surface area (Å²) in [6.07, 6.45) is 2.64. The molecule has 0 aliphatic carbocycles. The van der Waals surface area contributed by atoms with Crippen molar-refractivity contribution in [3.63, 3.8) is 0 Å². The largest absolute Gasteiger partial charge is 0.373 e. The Morgan fingerprint density at radius 2 is 2.08 bits per heavy atom. The van der Waals surface area contributed by atoms with Crippen LogP contribution in [-0.4, -0.2) is 66.8 Å². The highest BCUT2D eigenvalue weighted by atomic mass is 32.2. The van der Waals surface area contributed by atoms with Gasteiger partial charge in [-0.25, -0.2) is 9.97 Å². The predicted octanol–water partition coefficient (Wildman–Crippen LogP) is 0.930. The van der Waals surface area contributed by atoms with Crippen LogP contribution in [0.5, 0.6) is 0 Å². The van der Waals surface area contributed by atoms with Crippen LogP contribution in [0.3, 0.4) is 0 Å². The van der Waals surface area contributed by atoms with Crippen LogP contribution in [0.25, 0.3) is 0 Å². The maximum atomic E-state index is 12.9. The third kappa shape index (κ3) is 3.71. The molecule has 0 radical (unpaired) electrons. The minimum Gasteiger partial charge on any atom is -0.373 e. The van der Waals surface area contributed by atoms with Gasteiger partial charge in [0.1, 0.15) is 11.6 Å². The Kier molecular flexibility index (Phi) is 6.11. The SMILES string of the molecule is CCN(CC)S(=O)(=O)N1CCC[C@H](c2nc3c(c(NC)n2)CNCC3)C1. The lowest BCUT2D eigenvalue weighted by Crippen LogP contribution is -2.47. The van der Waals surface area contributed by atoms with E-state index in [0.717, 1.165) is 55.3 Å². The fourth-order valence-corrected chi connectivity index (χ4v) is 5.53. The normalized spacial score (nSPS) is 21.6. The Morgan fingerprint density at radius 3 is 2.77 bits per heavy atom. The van der Waals surface area contributed by atoms with E-state index in [9.17, 15) is 8.42 Å². The van der Waals surface area contributed by atoms with E-state index >= 15 is 0 Å². The average molecular weight is 383 g/mol. The van der Waals surface area contributed by atoms with E-state index in [2.05, 4.69) is 10.6 Å². The number of aromatic nitrogens is 2. The predicted molar refractivity (Wildman–Crippen MR) is 102 cm³/mol. The van der Waals surface area contributed by atoms with Gasteiger partial charge >= 0.3 is 0 Å². The van der Waals surface area contributed by atoms with Crippen molar-refractivity contribution < 1.29 is 8.42 Å². The van der Waals surface area contributed by atoms with Crippen LogP contribution in [-0.2, 0) is 23.2 Å². The molecule has 1 aromatic heterocycles. The molecular weight excluding hydrogens is 352 g/mol. The van der Waals surface area contributed by atoms with E-state index in [1.807, 2.05) is 20.9 Å². The second-order valence-corrected chi connectivity index (χ2v) is 8.75. The molecule has 9 heteroatoms. The molecule has 26 heavy (non-hydrogen) atoms. The highest BCUT2D eigenvalue weighted by Gasteiger charge is 2.34. The molecule has 0 bridgehead atoms. The summed E-state index contributed by atoms with van der Waals surface area (Å²) >= 11 is 0. The fourth-order valence-electron chi connectivity index (χ4n) is 3.83.